The molecule has 2 rings (SSSR count). The van der Waals surface area contributed by atoms with Gasteiger partial charge in [0.15, 0.2) is 0 Å². The van der Waals surface area contributed by atoms with Gasteiger partial charge >= 0.3 is 0 Å². The van der Waals surface area contributed by atoms with Crippen molar-refractivity contribution in [1.82, 2.24) is 4.90 Å². The van der Waals surface area contributed by atoms with Crippen LogP contribution in [0, 0.1) is 0 Å². The number of benzene rings is 2. The quantitative estimate of drug-likeness (QED) is 0.753. The predicted molar refractivity (Wildman–Crippen MR) is 89.2 cm³/mol. The average Bonchev–Trinajstić information content (AvgIpc) is 2.40. The summed E-state index contributed by atoms with van der Waals surface area (Å²) in [6.07, 6.45) is 0. The summed E-state index contributed by atoms with van der Waals surface area (Å²) in [6, 6.07) is 15.6. The summed E-state index contributed by atoms with van der Waals surface area (Å²) in [5.41, 5.74) is 1.43. The molecule has 0 fully saturated rings. The molecule has 0 saturated carbocycles. The number of rotatable bonds is 4. The van der Waals surface area contributed by atoms with Crippen molar-refractivity contribution in [2.45, 2.75) is 32.9 Å². The third kappa shape index (κ3) is 4.76. The fourth-order valence-electron chi connectivity index (χ4n) is 1.84. The second-order valence-corrected chi connectivity index (χ2v) is 6.67. The maximum Gasteiger partial charge on any atom is 0.128 e. The van der Waals surface area contributed by atoms with Crippen LogP contribution in [0.5, 0.6) is 11.5 Å². The largest absolute Gasteiger partial charge is 0.457 e. The van der Waals surface area contributed by atoms with Crippen molar-refractivity contribution < 1.29 is 4.74 Å². The van der Waals surface area contributed by atoms with Crippen molar-refractivity contribution in [3.8, 4) is 11.5 Å². The van der Waals surface area contributed by atoms with Gasteiger partial charge < -0.3 is 4.74 Å². The molecule has 2 aromatic rings. The smallest absolute Gasteiger partial charge is 0.128 e. The molecule has 112 valence electrons. The summed E-state index contributed by atoms with van der Waals surface area (Å²) >= 11 is 5.95. The first kappa shape index (κ1) is 15.9. The summed E-state index contributed by atoms with van der Waals surface area (Å²) in [5.74, 6) is 1.57. The molecule has 0 aliphatic rings. The van der Waals surface area contributed by atoms with E-state index in [0.717, 1.165) is 18.0 Å². The first-order valence-electron chi connectivity index (χ1n) is 7.08. The van der Waals surface area contributed by atoms with Crippen molar-refractivity contribution in [2.75, 3.05) is 7.05 Å². The third-order valence-electron chi connectivity index (χ3n) is 3.52. The summed E-state index contributed by atoms with van der Waals surface area (Å²) in [5, 5.41) is 0.677. The molecule has 0 radical (unpaired) electrons. The van der Waals surface area contributed by atoms with Crippen molar-refractivity contribution in [3.05, 3.63) is 59.1 Å². The number of hydrogen-bond donors (Lipinski definition) is 0. The number of halogens is 1. The molecule has 2 aromatic carbocycles. The topological polar surface area (TPSA) is 12.5 Å². The van der Waals surface area contributed by atoms with Crippen LogP contribution in [-0.4, -0.2) is 17.5 Å². The molecule has 0 aromatic heterocycles. The fourth-order valence-corrected chi connectivity index (χ4v) is 2.02. The molecule has 0 bridgehead atoms. The lowest BCUT2D eigenvalue weighted by molar-refractivity contribution is 0.167. The lowest BCUT2D eigenvalue weighted by Crippen LogP contribution is -2.37. The van der Waals surface area contributed by atoms with Gasteiger partial charge in [-0.05, 0) is 63.7 Å². The Morgan fingerprint density at radius 1 is 1.00 bits per heavy atom. The van der Waals surface area contributed by atoms with E-state index in [9.17, 15) is 0 Å². The Morgan fingerprint density at radius 3 is 2.24 bits per heavy atom. The first-order chi connectivity index (χ1) is 9.84. The Morgan fingerprint density at radius 2 is 1.67 bits per heavy atom. The molecule has 0 amide bonds. The van der Waals surface area contributed by atoms with E-state index in [1.54, 1.807) is 0 Å². The normalized spacial score (nSPS) is 11.7. The van der Waals surface area contributed by atoms with E-state index in [2.05, 4.69) is 44.9 Å². The Kier molecular flexibility index (Phi) is 4.92. The highest BCUT2D eigenvalue weighted by Gasteiger charge is 2.16. The fraction of sp³-hybridized carbons (Fsp3) is 0.333. The Balaban J connectivity index is 2.02. The summed E-state index contributed by atoms with van der Waals surface area (Å²) in [4.78, 5) is 2.32. The van der Waals surface area contributed by atoms with Gasteiger partial charge in [0.25, 0.3) is 0 Å². The van der Waals surface area contributed by atoms with E-state index in [0.29, 0.717) is 5.02 Å². The highest BCUT2D eigenvalue weighted by Crippen LogP contribution is 2.25. The zero-order valence-electron chi connectivity index (χ0n) is 13.1. The van der Waals surface area contributed by atoms with Gasteiger partial charge in [0, 0.05) is 17.1 Å². The summed E-state index contributed by atoms with van der Waals surface area (Å²) in [6.45, 7) is 7.55. The maximum absolute atomic E-state index is 5.95. The molecule has 0 aliphatic carbocycles. The molecule has 0 atom stereocenters. The molecule has 3 heteroatoms. The zero-order chi connectivity index (χ0) is 15.5. The minimum Gasteiger partial charge on any atom is -0.457 e. The van der Waals surface area contributed by atoms with Crippen LogP contribution in [0.25, 0.3) is 0 Å². The molecule has 0 spiro atoms. The molecular formula is C18H22ClNO. The van der Waals surface area contributed by atoms with Gasteiger partial charge in [-0.15, -0.1) is 0 Å². The highest BCUT2D eigenvalue weighted by molar-refractivity contribution is 6.30. The third-order valence-corrected chi connectivity index (χ3v) is 3.76. The van der Waals surface area contributed by atoms with E-state index >= 15 is 0 Å². The van der Waals surface area contributed by atoms with E-state index in [4.69, 9.17) is 16.3 Å². The van der Waals surface area contributed by atoms with Crippen molar-refractivity contribution in [2.24, 2.45) is 0 Å². The van der Waals surface area contributed by atoms with Crippen LogP contribution in [0.1, 0.15) is 26.3 Å². The van der Waals surface area contributed by atoms with E-state index in [-0.39, 0.29) is 5.54 Å². The molecular weight excluding hydrogens is 282 g/mol. The molecule has 0 N–H and O–H groups in total. The standard InChI is InChI=1S/C18H22ClNO/c1-18(2,3)20(4)13-14-8-10-16(11-9-14)21-17-7-5-6-15(19)12-17/h5-12H,13H2,1-4H3. The number of nitrogens with zero attached hydrogens (tertiary/aromatic N) is 1. The van der Waals surface area contributed by atoms with Crippen molar-refractivity contribution in [1.29, 1.82) is 0 Å². The lowest BCUT2D eigenvalue weighted by atomic mass is 10.1. The van der Waals surface area contributed by atoms with Gasteiger partial charge in [-0.25, -0.2) is 0 Å². The van der Waals surface area contributed by atoms with Crippen LogP contribution < -0.4 is 4.74 Å². The van der Waals surface area contributed by atoms with Crippen LogP contribution in [0.2, 0.25) is 5.02 Å². The number of ether oxygens (including phenoxy) is 1. The summed E-state index contributed by atoms with van der Waals surface area (Å²) in [7, 11) is 2.14. The first-order valence-corrected chi connectivity index (χ1v) is 7.46. The molecule has 0 heterocycles. The molecule has 0 aliphatic heterocycles. The van der Waals surface area contributed by atoms with Crippen molar-refractivity contribution in [3.63, 3.8) is 0 Å². The minimum absolute atomic E-state index is 0.163. The second kappa shape index (κ2) is 6.50. The van der Waals surface area contributed by atoms with Crippen LogP contribution in [0.15, 0.2) is 48.5 Å². The second-order valence-electron chi connectivity index (χ2n) is 6.23. The maximum atomic E-state index is 5.95. The monoisotopic (exact) mass is 303 g/mol. The van der Waals surface area contributed by atoms with Crippen molar-refractivity contribution >= 4 is 11.6 Å². The van der Waals surface area contributed by atoms with E-state index < -0.39 is 0 Å². The summed E-state index contributed by atoms with van der Waals surface area (Å²) < 4.78 is 5.79. The van der Waals surface area contributed by atoms with Gasteiger partial charge in [-0.1, -0.05) is 29.8 Å². The van der Waals surface area contributed by atoms with Crippen LogP contribution in [0.3, 0.4) is 0 Å². The molecule has 0 saturated heterocycles. The van der Waals surface area contributed by atoms with Crippen LogP contribution in [0.4, 0.5) is 0 Å². The lowest BCUT2D eigenvalue weighted by Gasteiger charge is -2.31. The Bertz CT molecular complexity index is 587. The van der Waals surface area contributed by atoms with Gasteiger partial charge in [0.1, 0.15) is 11.5 Å². The molecule has 21 heavy (non-hydrogen) atoms. The van der Waals surface area contributed by atoms with Gasteiger partial charge in [-0.2, -0.15) is 0 Å². The van der Waals surface area contributed by atoms with Gasteiger partial charge in [0.05, 0.1) is 0 Å². The van der Waals surface area contributed by atoms with Gasteiger partial charge in [-0.3, -0.25) is 4.90 Å². The molecule has 2 nitrogen and oxygen atoms in total. The average molecular weight is 304 g/mol. The zero-order valence-corrected chi connectivity index (χ0v) is 13.8. The minimum atomic E-state index is 0.163. The van der Waals surface area contributed by atoms with E-state index in [1.807, 2.05) is 36.4 Å². The SMILES string of the molecule is CN(Cc1ccc(Oc2cccc(Cl)c2)cc1)C(C)(C)C. The predicted octanol–water partition coefficient (Wildman–Crippen LogP) is 5.36. The number of hydrogen-bond acceptors (Lipinski definition) is 2. The van der Waals surface area contributed by atoms with Crippen LogP contribution in [-0.2, 0) is 6.54 Å². The van der Waals surface area contributed by atoms with Crippen LogP contribution >= 0.6 is 11.6 Å². The highest BCUT2D eigenvalue weighted by atomic mass is 35.5. The van der Waals surface area contributed by atoms with E-state index in [1.165, 1.54) is 5.56 Å². The molecule has 0 unspecified atom stereocenters. The Hall–Kier alpha value is -1.51. The Labute approximate surface area is 132 Å². The van der Waals surface area contributed by atoms with Gasteiger partial charge in [0.2, 0.25) is 0 Å².